The zero-order valence-electron chi connectivity index (χ0n) is 11.3. The Morgan fingerprint density at radius 2 is 1.83 bits per heavy atom. The highest BCUT2D eigenvalue weighted by atomic mass is 16.1. The van der Waals surface area contributed by atoms with Crippen LogP contribution in [0, 0.1) is 5.92 Å². The summed E-state index contributed by atoms with van der Waals surface area (Å²) in [5.41, 5.74) is 1.10. The van der Waals surface area contributed by atoms with Gasteiger partial charge in [0.25, 0.3) is 0 Å². The average molecular weight is 245 g/mol. The van der Waals surface area contributed by atoms with Crippen LogP contribution in [0.1, 0.15) is 63.4 Å². The molecule has 1 unspecified atom stereocenters. The summed E-state index contributed by atoms with van der Waals surface area (Å²) in [6.45, 7) is 2.02. The molecule has 0 saturated heterocycles. The second-order valence-electron chi connectivity index (χ2n) is 5.53. The number of rotatable bonds is 4. The SMILES string of the molecule is CC(C(=O)CC1CCCCCC1)c1ccncc1. The van der Waals surface area contributed by atoms with Crippen molar-refractivity contribution < 1.29 is 4.79 Å². The van der Waals surface area contributed by atoms with E-state index in [0.29, 0.717) is 11.7 Å². The van der Waals surface area contributed by atoms with Crippen molar-refractivity contribution in [3.63, 3.8) is 0 Å². The van der Waals surface area contributed by atoms with E-state index in [1.807, 2.05) is 19.1 Å². The van der Waals surface area contributed by atoms with Crippen LogP contribution in [0.3, 0.4) is 0 Å². The van der Waals surface area contributed by atoms with Gasteiger partial charge in [-0.15, -0.1) is 0 Å². The predicted molar refractivity (Wildman–Crippen MR) is 73.5 cm³/mol. The average Bonchev–Trinajstić information content (AvgIpc) is 2.67. The van der Waals surface area contributed by atoms with E-state index in [1.54, 1.807) is 12.4 Å². The lowest BCUT2D eigenvalue weighted by atomic mass is 9.87. The van der Waals surface area contributed by atoms with Crippen LogP contribution < -0.4 is 0 Å². The van der Waals surface area contributed by atoms with Crippen LogP contribution in [-0.4, -0.2) is 10.8 Å². The van der Waals surface area contributed by atoms with E-state index in [2.05, 4.69) is 4.98 Å². The monoisotopic (exact) mass is 245 g/mol. The standard InChI is InChI=1S/C16H23NO/c1-13(15-8-10-17-11-9-15)16(18)12-14-6-4-2-3-5-7-14/h8-11,13-14H,2-7,12H2,1H3. The first kappa shape index (κ1) is 13.3. The van der Waals surface area contributed by atoms with E-state index in [4.69, 9.17) is 0 Å². The first-order chi connectivity index (χ1) is 8.77. The molecular formula is C16H23NO. The van der Waals surface area contributed by atoms with Crippen LogP contribution in [-0.2, 0) is 4.79 Å². The van der Waals surface area contributed by atoms with Gasteiger partial charge in [0.2, 0.25) is 0 Å². The summed E-state index contributed by atoms with van der Waals surface area (Å²) in [6, 6.07) is 3.91. The predicted octanol–water partition coefficient (Wildman–Crippen LogP) is 4.11. The van der Waals surface area contributed by atoms with Crippen LogP contribution in [0.15, 0.2) is 24.5 Å². The molecular weight excluding hydrogens is 222 g/mol. The zero-order chi connectivity index (χ0) is 12.8. The lowest BCUT2D eigenvalue weighted by Gasteiger charge is -2.16. The maximum Gasteiger partial charge on any atom is 0.140 e. The largest absolute Gasteiger partial charge is 0.299 e. The lowest BCUT2D eigenvalue weighted by molar-refractivity contribution is -0.121. The van der Waals surface area contributed by atoms with Crippen LogP contribution >= 0.6 is 0 Å². The van der Waals surface area contributed by atoms with E-state index in [9.17, 15) is 4.79 Å². The van der Waals surface area contributed by atoms with Gasteiger partial charge in [0.05, 0.1) is 0 Å². The lowest BCUT2D eigenvalue weighted by Crippen LogP contribution is -2.14. The summed E-state index contributed by atoms with van der Waals surface area (Å²) in [7, 11) is 0. The van der Waals surface area contributed by atoms with Gasteiger partial charge in [-0.1, -0.05) is 45.4 Å². The minimum atomic E-state index is 0.0243. The number of hydrogen-bond donors (Lipinski definition) is 0. The smallest absolute Gasteiger partial charge is 0.140 e. The maximum absolute atomic E-state index is 12.3. The third-order valence-corrected chi connectivity index (χ3v) is 4.15. The first-order valence-electron chi connectivity index (χ1n) is 7.20. The number of hydrogen-bond acceptors (Lipinski definition) is 2. The van der Waals surface area contributed by atoms with Crippen molar-refractivity contribution in [2.24, 2.45) is 5.92 Å². The zero-order valence-corrected chi connectivity index (χ0v) is 11.3. The van der Waals surface area contributed by atoms with E-state index >= 15 is 0 Å². The van der Waals surface area contributed by atoms with Crippen molar-refractivity contribution in [2.45, 2.75) is 57.8 Å². The third kappa shape index (κ3) is 3.66. The summed E-state index contributed by atoms with van der Waals surface area (Å²) in [6.07, 6.45) is 12.1. The number of carbonyl (C=O) groups is 1. The molecule has 1 fully saturated rings. The van der Waals surface area contributed by atoms with Crippen molar-refractivity contribution >= 4 is 5.78 Å². The quantitative estimate of drug-likeness (QED) is 0.747. The molecule has 0 aromatic carbocycles. The summed E-state index contributed by atoms with van der Waals surface area (Å²) < 4.78 is 0. The highest BCUT2D eigenvalue weighted by Crippen LogP contribution is 2.28. The Bertz CT molecular complexity index is 366. The number of aromatic nitrogens is 1. The molecule has 98 valence electrons. The fourth-order valence-electron chi connectivity index (χ4n) is 2.87. The van der Waals surface area contributed by atoms with Crippen molar-refractivity contribution in [1.29, 1.82) is 0 Å². The first-order valence-corrected chi connectivity index (χ1v) is 7.20. The maximum atomic E-state index is 12.3. The Morgan fingerprint density at radius 3 is 2.44 bits per heavy atom. The van der Waals surface area contributed by atoms with E-state index in [-0.39, 0.29) is 5.92 Å². The fourth-order valence-corrected chi connectivity index (χ4v) is 2.87. The fraction of sp³-hybridized carbons (Fsp3) is 0.625. The minimum Gasteiger partial charge on any atom is -0.299 e. The minimum absolute atomic E-state index is 0.0243. The number of nitrogens with zero attached hydrogens (tertiary/aromatic N) is 1. The summed E-state index contributed by atoms with van der Waals surface area (Å²) in [5.74, 6) is 1.05. The molecule has 0 amide bonds. The number of ketones is 1. The van der Waals surface area contributed by atoms with Crippen LogP contribution in [0.5, 0.6) is 0 Å². The number of pyridine rings is 1. The number of Topliss-reactive ketones (excluding diaryl/α,β-unsaturated/α-hetero) is 1. The molecule has 0 spiro atoms. The molecule has 0 N–H and O–H groups in total. The molecule has 1 aromatic rings. The van der Waals surface area contributed by atoms with Gasteiger partial charge in [-0.25, -0.2) is 0 Å². The number of carbonyl (C=O) groups excluding carboxylic acids is 1. The Kier molecular flexibility index (Phi) is 4.91. The van der Waals surface area contributed by atoms with Crippen LogP contribution in [0.4, 0.5) is 0 Å². The molecule has 0 radical (unpaired) electrons. The Labute approximate surface area is 110 Å². The van der Waals surface area contributed by atoms with E-state index in [0.717, 1.165) is 12.0 Å². The molecule has 1 atom stereocenters. The van der Waals surface area contributed by atoms with Gasteiger partial charge in [-0.2, -0.15) is 0 Å². The van der Waals surface area contributed by atoms with Crippen LogP contribution in [0.2, 0.25) is 0 Å². The van der Waals surface area contributed by atoms with Gasteiger partial charge in [-0.05, 0) is 23.6 Å². The highest BCUT2D eigenvalue weighted by molar-refractivity contribution is 5.85. The summed E-state index contributed by atoms with van der Waals surface area (Å²) in [4.78, 5) is 16.3. The summed E-state index contributed by atoms with van der Waals surface area (Å²) in [5, 5.41) is 0. The normalized spacial score (nSPS) is 19.2. The molecule has 0 bridgehead atoms. The molecule has 2 rings (SSSR count). The molecule has 1 saturated carbocycles. The molecule has 1 heterocycles. The molecule has 0 aliphatic heterocycles. The Balaban J connectivity index is 1.90. The highest BCUT2D eigenvalue weighted by Gasteiger charge is 2.20. The van der Waals surface area contributed by atoms with Crippen molar-refractivity contribution in [2.75, 3.05) is 0 Å². The Morgan fingerprint density at radius 1 is 1.22 bits per heavy atom. The second kappa shape index (κ2) is 6.67. The van der Waals surface area contributed by atoms with Gasteiger partial charge in [0.1, 0.15) is 5.78 Å². The van der Waals surface area contributed by atoms with E-state index in [1.165, 1.54) is 38.5 Å². The van der Waals surface area contributed by atoms with Crippen LogP contribution in [0.25, 0.3) is 0 Å². The van der Waals surface area contributed by atoms with Crippen molar-refractivity contribution in [3.8, 4) is 0 Å². The Hall–Kier alpha value is -1.18. The van der Waals surface area contributed by atoms with Gasteiger partial charge < -0.3 is 0 Å². The van der Waals surface area contributed by atoms with Gasteiger partial charge in [-0.3, -0.25) is 9.78 Å². The topological polar surface area (TPSA) is 30.0 Å². The summed E-state index contributed by atoms with van der Waals surface area (Å²) >= 11 is 0. The molecule has 1 aliphatic rings. The van der Waals surface area contributed by atoms with Gasteiger partial charge >= 0.3 is 0 Å². The second-order valence-corrected chi connectivity index (χ2v) is 5.53. The molecule has 2 heteroatoms. The van der Waals surface area contributed by atoms with Crippen molar-refractivity contribution in [1.82, 2.24) is 4.98 Å². The van der Waals surface area contributed by atoms with Gasteiger partial charge in [0, 0.05) is 24.7 Å². The van der Waals surface area contributed by atoms with Gasteiger partial charge in [0.15, 0.2) is 0 Å². The van der Waals surface area contributed by atoms with E-state index < -0.39 is 0 Å². The molecule has 1 aliphatic carbocycles. The van der Waals surface area contributed by atoms with Crippen molar-refractivity contribution in [3.05, 3.63) is 30.1 Å². The molecule has 2 nitrogen and oxygen atoms in total. The third-order valence-electron chi connectivity index (χ3n) is 4.15. The molecule has 1 aromatic heterocycles. The molecule has 18 heavy (non-hydrogen) atoms.